The highest BCUT2D eigenvalue weighted by Crippen LogP contribution is 2.17. The third-order valence-electron chi connectivity index (χ3n) is 1.62. The molecule has 1 nitrogen and oxygen atoms in total. The van der Waals surface area contributed by atoms with Crippen molar-refractivity contribution in [3.63, 3.8) is 0 Å². The zero-order valence-corrected chi connectivity index (χ0v) is 9.99. The molecule has 74 valence electrons. The van der Waals surface area contributed by atoms with Crippen LogP contribution in [0.1, 0.15) is 33.3 Å². The van der Waals surface area contributed by atoms with Crippen molar-refractivity contribution in [1.82, 2.24) is 0 Å². The van der Waals surface area contributed by atoms with E-state index in [1.54, 1.807) is 13.8 Å². The van der Waals surface area contributed by atoms with E-state index in [0.717, 1.165) is 10.9 Å². The van der Waals surface area contributed by atoms with Crippen molar-refractivity contribution < 1.29 is 5.11 Å². The lowest BCUT2D eigenvalue weighted by Crippen LogP contribution is -2.15. The largest absolute Gasteiger partial charge is 0.386 e. The second-order valence-electron chi connectivity index (χ2n) is 3.18. The van der Waals surface area contributed by atoms with E-state index in [1.807, 2.05) is 38.1 Å². The third kappa shape index (κ3) is 4.40. The summed E-state index contributed by atoms with van der Waals surface area (Å²) in [6.45, 7) is 7.57. The van der Waals surface area contributed by atoms with Crippen molar-refractivity contribution >= 4 is 14.5 Å². The van der Waals surface area contributed by atoms with E-state index in [9.17, 15) is 5.11 Å². The zero-order chi connectivity index (χ0) is 10.5. The molecule has 0 saturated heterocycles. The molecule has 0 fully saturated rings. The molecule has 1 rings (SSSR count). The number of aliphatic hydroxyl groups is 1. The van der Waals surface area contributed by atoms with E-state index in [-0.39, 0.29) is 0 Å². The number of benzene rings is 1. The van der Waals surface area contributed by atoms with E-state index >= 15 is 0 Å². The fourth-order valence-corrected chi connectivity index (χ4v) is 1.08. The minimum Gasteiger partial charge on any atom is -0.386 e. The summed E-state index contributed by atoms with van der Waals surface area (Å²) in [5.74, 6) is 0. The van der Waals surface area contributed by atoms with Crippen molar-refractivity contribution in [2.75, 3.05) is 0 Å². The molecule has 0 aliphatic rings. The second-order valence-corrected chi connectivity index (χ2v) is 3.85. The van der Waals surface area contributed by atoms with Gasteiger partial charge in [0.2, 0.25) is 0 Å². The van der Waals surface area contributed by atoms with Crippen LogP contribution in [0, 0.1) is 0 Å². The maximum atomic E-state index is 9.57. The minimum atomic E-state index is -0.724. The predicted octanol–water partition coefficient (Wildman–Crippen LogP) is 2.44. The van der Waals surface area contributed by atoms with Gasteiger partial charge in [-0.1, -0.05) is 38.1 Å². The van der Waals surface area contributed by atoms with Crippen LogP contribution in [0.15, 0.2) is 24.3 Å². The molecule has 0 saturated carbocycles. The summed E-state index contributed by atoms with van der Waals surface area (Å²) in [6, 6.07) is 7.81. The van der Waals surface area contributed by atoms with E-state index in [4.69, 9.17) is 0 Å². The maximum Gasteiger partial charge on any atom is 0.0840 e. The number of hydrogen-bond donors (Lipinski definition) is 1. The first-order valence-electron chi connectivity index (χ1n) is 4.58. The SMILES string of the molecule is CC.CC(C)(O)c1ccc(P)cc1. The Hall–Kier alpha value is -0.390. The van der Waals surface area contributed by atoms with Crippen molar-refractivity contribution in [2.45, 2.75) is 33.3 Å². The van der Waals surface area contributed by atoms with Crippen LogP contribution in [0.5, 0.6) is 0 Å². The van der Waals surface area contributed by atoms with Gasteiger partial charge in [-0.3, -0.25) is 0 Å². The van der Waals surface area contributed by atoms with Crippen LogP contribution in [0.2, 0.25) is 0 Å². The van der Waals surface area contributed by atoms with Crippen molar-refractivity contribution in [1.29, 1.82) is 0 Å². The molecule has 13 heavy (non-hydrogen) atoms. The van der Waals surface area contributed by atoms with Crippen LogP contribution in [0.3, 0.4) is 0 Å². The summed E-state index contributed by atoms with van der Waals surface area (Å²) < 4.78 is 0. The van der Waals surface area contributed by atoms with Gasteiger partial charge in [0, 0.05) is 0 Å². The Morgan fingerprint density at radius 3 is 1.77 bits per heavy atom. The van der Waals surface area contributed by atoms with Gasteiger partial charge in [-0.2, -0.15) is 0 Å². The fraction of sp³-hybridized carbons (Fsp3) is 0.455. The molecule has 2 heteroatoms. The molecule has 0 heterocycles. The Morgan fingerprint density at radius 2 is 1.46 bits per heavy atom. The fourth-order valence-electron chi connectivity index (χ4n) is 0.891. The molecule has 0 radical (unpaired) electrons. The van der Waals surface area contributed by atoms with E-state index in [0.29, 0.717) is 0 Å². The molecule has 0 aromatic heterocycles. The average Bonchev–Trinajstić information content (AvgIpc) is 2.07. The zero-order valence-electron chi connectivity index (χ0n) is 8.83. The predicted molar refractivity (Wildman–Crippen MR) is 62.4 cm³/mol. The first kappa shape index (κ1) is 12.6. The van der Waals surface area contributed by atoms with Gasteiger partial charge in [-0.05, 0) is 24.7 Å². The highest BCUT2D eigenvalue weighted by atomic mass is 31.0. The minimum absolute atomic E-state index is 0.724. The summed E-state index contributed by atoms with van der Waals surface area (Å²) in [7, 11) is 2.61. The Labute approximate surface area is 83.4 Å². The van der Waals surface area contributed by atoms with E-state index in [1.165, 1.54) is 0 Å². The highest BCUT2D eigenvalue weighted by molar-refractivity contribution is 7.27. The quantitative estimate of drug-likeness (QED) is 0.687. The molecule has 0 spiro atoms. The van der Waals surface area contributed by atoms with Crippen molar-refractivity contribution in [3.05, 3.63) is 29.8 Å². The van der Waals surface area contributed by atoms with Gasteiger partial charge < -0.3 is 5.11 Å². The summed E-state index contributed by atoms with van der Waals surface area (Å²) in [6.07, 6.45) is 0. The Kier molecular flexibility index (Phi) is 5.20. The van der Waals surface area contributed by atoms with Gasteiger partial charge in [-0.15, -0.1) is 9.24 Å². The molecule has 0 aliphatic heterocycles. The first-order valence-corrected chi connectivity index (χ1v) is 5.16. The molecule has 1 N–H and O–H groups in total. The molecule has 1 aromatic rings. The molecule has 1 unspecified atom stereocenters. The van der Waals surface area contributed by atoms with Gasteiger partial charge >= 0.3 is 0 Å². The topological polar surface area (TPSA) is 20.2 Å². The van der Waals surface area contributed by atoms with Crippen LogP contribution < -0.4 is 5.30 Å². The smallest absolute Gasteiger partial charge is 0.0840 e. The van der Waals surface area contributed by atoms with Crippen molar-refractivity contribution in [3.8, 4) is 0 Å². The Morgan fingerprint density at radius 1 is 1.08 bits per heavy atom. The van der Waals surface area contributed by atoms with Crippen LogP contribution >= 0.6 is 9.24 Å². The first-order chi connectivity index (χ1) is 6.00. The van der Waals surface area contributed by atoms with Gasteiger partial charge in [0.25, 0.3) is 0 Å². The molecular weight excluding hydrogens is 179 g/mol. The van der Waals surface area contributed by atoms with Gasteiger partial charge in [-0.25, -0.2) is 0 Å². The Balaban J connectivity index is 0.000000671. The average molecular weight is 198 g/mol. The summed E-state index contributed by atoms with van der Waals surface area (Å²) in [5.41, 5.74) is 0.224. The molecule has 0 bridgehead atoms. The number of rotatable bonds is 1. The standard InChI is InChI=1S/C9H13OP.C2H6/c1-9(2,10)7-3-5-8(11)6-4-7;1-2/h3-6,10H,11H2,1-2H3;1-2H3. The Bertz CT molecular complexity index is 233. The van der Waals surface area contributed by atoms with E-state index < -0.39 is 5.60 Å². The second kappa shape index (κ2) is 5.36. The number of hydrogen-bond acceptors (Lipinski definition) is 1. The maximum absolute atomic E-state index is 9.57. The van der Waals surface area contributed by atoms with Crippen LogP contribution in [0.4, 0.5) is 0 Å². The summed E-state index contributed by atoms with van der Waals surface area (Å²) in [4.78, 5) is 0. The van der Waals surface area contributed by atoms with E-state index in [2.05, 4.69) is 9.24 Å². The summed E-state index contributed by atoms with van der Waals surface area (Å²) in [5, 5.41) is 10.7. The van der Waals surface area contributed by atoms with Gasteiger partial charge in [0.1, 0.15) is 0 Å². The summed E-state index contributed by atoms with van der Waals surface area (Å²) >= 11 is 0. The molecule has 0 aliphatic carbocycles. The van der Waals surface area contributed by atoms with Crippen molar-refractivity contribution in [2.24, 2.45) is 0 Å². The molecular formula is C11H19OP. The van der Waals surface area contributed by atoms with Crippen LogP contribution in [-0.2, 0) is 5.60 Å². The monoisotopic (exact) mass is 198 g/mol. The molecule has 1 atom stereocenters. The lowest BCUT2D eigenvalue weighted by atomic mass is 9.99. The van der Waals surface area contributed by atoms with Gasteiger partial charge in [0.05, 0.1) is 5.60 Å². The van der Waals surface area contributed by atoms with Crippen LogP contribution in [-0.4, -0.2) is 5.11 Å². The molecule has 1 aromatic carbocycles. The normalized spacial score (nSPS) is 10.3. The lowest BCUT2D eigenvalue weighted by molar-refractivity contribution is 0.0786. The lowest BCUT2D eigenvalue weighted by Gasteiger charge is -2.17. The van der Waals surface area contributed by atoms with Gasteiger partial charge in [0.15, 0.2) is 0 Å². The molecule has 0 amide bonds. The van der Waals surface area contributed by atoms with Crippen LogP contribution in [0.25, 0.3) is 0 Å². The third-order valence-corrected chi connectivity index (χ3v) is 2.00. The highest BCUT2D eigenvalue weighted by Gasteiger charge is 2.14.